The molecule has 0 aromatic rings. The SMILES string of the molecule is CC1CC(C)C2C(CCC(C)C2C)C1. The second kappa shape index (κ2) is 3.87. The van der Waals surface area contributed by atoms with E-state index < -0.39 is 0 Å². The van der Waals surface area contributed by atoms with Gasteiger partial charge in [-0.1, -0.05) is 34.1 Å². The van der Waals surface area contributed by atoms with Crippen molar-refractivity contribution >= 4 is 0 Å². The van der Waals surface area contributed by atoms with Gasteiger partial charge in [0.1, 0.15) is 0 Å². The third-order valence-corrected chi connectivity index (χ3v) is 5.18. The highest BCUT2D eigenvalue weighted by Crippen LogP contribution is 2.49. The number of hydrogen-bond donors (Lipinski definition) is 0. The first-order valence-electron chi connectivity index (χ1n) is 6.59. The number of hydrogen-bond acceptors (Lipinski definition) is 0. The van der Waals surface area contributed by atoms with Gasteiger partial charge in [0.25, 0.3) is 0 Å². The van der Waals surface area contributed by atoms with Crippen LogP contribution >= 0.6 is 0 Å². The van der Waals surface area contributed by atoms with Gasteiger partial charge in [0.05, 0.1) is 0 Å². The highest BCUT2D eigenvalue weighted by Gasteiger charge is 2.41. The van der Waals surface area contributed by atoms with Crippen molar-refractivity contribution in [2.45, 2.75) is 53.4 Å². The first kappa shape index (κ1) is 10.5. The molecule has 0 heteroatoms. The Balaban J connectivity index is 2.11. The maximum Gasteiger partial charge on any atom is -0.0332 e. The molecule has 0 nitrogen and oxygen atoms in total. The Morgan fingerprint density at radius 3 is 2.21 bits per heavy atom. The summed E-state index contributed by atoms with van der Waals surface area (Å²) in [6, 6.07) is 0. The van der Waals surface area contributed by atoms with Crippen LogP contribution in [-0.4, -0.2) is 0 Å². The molecular weight excluding hydrogens is 168 g/mol. The van der Waals surface area contributed by atoms with Gasteiger partial charge in [-0.15, -0.1) is 0 Å². The van der Waals surface area contributed by atoms with Crippen LogP contribution in [0.5, 0.6) is 0 Å². The fourth-order valence-electron chi connectivity index (χ4n) is 4.40. The van der Waals surface area contributed by atoms with Crippen LogP contribution in [0.25, 0.3) is 0 Å². The van der Waals surface area contributed by atoms with E-state index in [0.29, 0.717) is 0 Å². The molecule has 2 aliphatic rings. The molecule has 2 aliphatic carbocycles. The fraction of sp³-hybridized carbons (Fsp3) is 1.00. The lowest BCUT2D eigenvalue weighted by Crippen LogP contribution is -2.40. The summed E-state index contributed by atoms with van der Waals surface area (Å²) < 4.78 is 0. The van der Waals surface area contributed by atoms with Gasteiger partial charge in [0.2, 0.25) is 0 Å². The lowest BCUT2D eigenvalue weighted by molar-refractivity contribution is 0.0125. The monoisotopic (exact) mass is 194 g/mol. The molecule has 0 radical (unpaired) electrons. The zero-order valence-electron chi connectivity index (χ0n) is 10.3. The Morgan fingerprint density at radius 2 is 1.50 bits per heavy atom. The lowest BCUT2D eigenvalue weighted by Gasteiger charge is -2.48. The molecular formula is C14H26. The van der Waals surface area contributed by atoms with Crippen molar-refractivity contribution in [2.24, 2.45) is 35.5 Å². The van der Waals surface area contributed by atoms with E-state index in [2.05, 4.69) is 27.7 Å². The predicted octanol–water partition coefficient (Wildman–Crippen LogP) is 4.35. The van der Waals surface area contributed by atoms with Crippen molar-refractivity contribution < 1.29 is 0 Å². The summed E-state index contributed by atoms with van der Waals surface area (Å²) in [5.41, 5.74) is 0. The van der Waals surface area contributed by atoms with Gasteiger partial charge >= 0.3 is 0 Å². The van der Waals surface area contributed by atoms with Crippen molar-refractivity contribution in [3.05, 3.63) is 0 Å². The minimum Gasteiger partial charge on any atom is -0.0625 e. The molecule has 2 fully saturated rings. The quantitative estimate of drug-likeness (QED) is 0.538. The molecule has 0 heterocycles. The normalized spacial score (nSPS) is 54.0. The maximum absolute atomic E-state index is 2.51. The van der Waals surface area contributed by atoms with E-state index in [0.717, 1.165) is 35.5 Å². The highest BCUT2D eigenvalue weighted by atomic mass is 14.5. The van der Waals surface area contributed by atoms with Crippen LogP contribution in [0.15, 0.2) is 0 Å². The Morgan fingerprint density at radius 1 is 0.786 bits per heavy atom. The van der Waals surface area contributed by atoms with Crippen LogP contribution in [0.1, 0.15) is 53.4 Å². The molecule has 6 unspecified atom stereocenters. The first-order chi connectivity index (χ1) is 6.59. The Hall–Kier alpha value is 0. The summed E-state index contributed by atoms with van der Waals surface area (Å²) in [7, 11) is 0. The average Bonchev–Trinajstić information content (AvgIpc) is 2.10. The Bertz CT molecular complexity index is 196. The second-order valence-electron chi connectivity index (χ2n) is 6.31. The highest BCUT2D eigenvalue weighted by molar-refractivity contribution is 4.90. The maximum atomic E-state index is 2.51. The smallest absolute Gasteiger partial charge is 0.0332 e. The van der Waals surface area contributed by atoms with Gasteiger partial charge in [0.15, 0.2) is 0 Å². The van der Waals surface area contributed by atoms with Gasteiger partial charge in [0, 0.05) is 0 Å². The molecule has 0 amide bonds. The number of rotatable bonds is 0. The van der Waals surface area contributed by atoms with Crippen LogP contribution in [0, 0.1) is 35.5 Å². The van der Waals surface area contributed by atoms with E-state index in [1.54, 1.807) is 0 Å². The van der Waals surface area contributed by atoms with Crippen molar-refractivity contribution in [3.63, 3.8) is 0 Å². The van der Waals surface area contributed by atoms with Crippen molar-refractivity contribution in [3.8, 4) is 0 Å². The number of fused-ring (bicyclic) bond motifs is 1. The molecule has 0 saturated heterocycles. The van der Waals surface area contributed by atoms with Crippen molar-refractivity contribution in [1.29, 1.82) is 0 Å². The van der Waals surface area contributed by atoms with E-state index in [-0.39, 0.29) is 0 Å². The minimum absolute atomic E-state index is 0.979. The third-order valence-electron chi connectivity index (χ3n) is 5.18. The van der Waals surface area contributed by atoms with Crippen molar-refractivity contribution in [2.75, 3.05) is 0 Å². The largest absolute Gasteiger partial charge is 0.0625 e. The van der Waals surface area contributed by atoms with Crippen LogP contribution in [0.4, 0.5) is 0 Å². The third kappa shape index (κ3) is 1.73. The predicted molar refractivity (Wildman–Crippen MR) is 62.1 cm³/mol. The molecule has 0 aromatic heterocycles. The molecule has 0 bridgehead atoms. The van der Waals surface area contributed by atoms with Crippen molar-refractivity contribution in [1.82, 2.24) is 0 Å². The van der Waals surface area contributed by atoms with Crippen LogP contribution in [0.3, 0.4) is 0 Å². The molecule has 0 aliphatic heterocycles. The van der Waals surface area contributed by atoms with E-state index in [1.165, 1.54) is 25.7 Å². The summed E-state index contributed by atoms with van der Waals surface area (Å²) >= 11 is 0. The molecule has 0 spiro atoms. The minimum atomic E-state index is 0.979. The van der Waals surface area contributed by atoms with Crippen LogP contribution in [-0.2, 0) is 0 Å². The van der Waals surface area contributed by atoms with Gasteiger partial charge < -0.3 is 0 Å². The fourth-order valence-corrected chi connectivity index (χ4v) is 4.40. The molecule has 0 aromatic carbocycles. The van der Waals surface area contributed by atoms with Crippen LogP contribution in [0.2, 0.25) is 0 Å². The molecule has 82 valence electrons. The molecule has 0 N–H and O–H groups in total. The van der Waals surface area contributed by atoms with E-state index >= 15 is 0 Å². The first-order valence-corrected chi connectivity index (χ1v) is 6.59. The second-order valence-corrected chi connectivity index (χ2v) is 6.31. The lowest BCUT2D eigenvalue weighted by atomic mass is 9.57. The van der Waals surface area contributed by atoms with Gasteiger partial charge in [-0.25, -0.2) is 0 Å². The Labute approximate surface area is 89.5 Å². The average molecular weight is 194 g/mol. The molecule has 2 saturated carbocycles. The van der Waals surface area contributed by atoms with E-state index in [9.17, 15) is 0 Å². The zero-order valence-corrected chi connectivity index (χ0v) is 10.3. The van der Waals surface area contributed by atoms with Gasteiger partial charge in [-0.3, -0.25) is 0 Å². The summed E-state index contributed by atoms with van der Waals surface area (Å²) in [6.07, 6.45) is 6.01. The van der Waals surface area contributed by atoms with E-state index in [4.69, 9.17) is 0 Å². The van der Waals surface area contributed by atoms with Gasteiger partial charge in [-0.05, 0) is 54.8 Å². The summed E-state index contributed by atoms with van der Waals surface area (Å²) in [5.74, 6) is 6.06. The summed E-state index contributed by atoms with van der Waals surface area (Å²) in [5, 5.41) is 0. The molecule has 6 atom stereocenters. The molecule has 2 rings (SSSR count). The Kier molecular flexibility index (Phi) is 2.91. The van der Waals surface area contributed by atoms with Crippen LogP contribution < -0.4 is 0 Å². The summed E-state index contributed by atoms with van der Waals surface area (Å²) in [6.45, 7) is 9.93. The standard InChI is InChI=1S/C14H26/c1-9-7-11(3)14-12(4)10(2)5-6-13(14)8-9/h9-14H,5-8H2,1-4H3. The molecule has 14 heavy (non-hydrogen) atoms. The topological polar surface area (TPSA) is 0 Å². The zero-order chi connectivity index (χ0) is 10.3. The van der Waals surface area contributed by atoms with Gasteiger partial charge in [-0.2, -0.15) is 0 Å². The van der Waals surface area contributed by atoms with E-state index in [1.807, 2.05) is 0 Å². The summed E-state index contributed by atoms with van der Waals surface area (Å²) in [4.78, 5) is 0.